The van der Waals surface area contributed by atoms with E-state index in [1.165, 1.54) is 44.3 Å². The van der Waals surface area contributed by atoms with Gasteiger partial charge in [-0.3, -0.25) is 0 Å². The van der Waals surface area contributed by atoms with Gasteiger partial charge in [-0.1, -0.05) is 12.1 Å². The van der Waals surface area contributed by atoms with Crippen LogP contribution in [-0.4, -0.2) is 6.54 Å². The molecule has 0 atom stereocenters. The van der Waals surface area contributed by atoms with Crippen molar-refractivity contribution in [3.63, 3.8) is 0 Å². The number of aryl methyl sites for hydroxylation is 1. The van der Waals surface area contributed by atoms with E-state index in [2.05, 4.69) is 23.5 Å². The van der Waals surface area contributed by atoms with E-state index in [9.17, 15) is 0 Å². The summed E-state index contributed by atoms with van der Waals surface area (Å²) < 4.78 is 0. The van der Waals surface area contributed by atoms with Gasteiger partial charge >= 0.3 is 0 Å². The summed E-state index contributed by atoms with van der Waals surface area (Å²) in [4.78, 5) is 0. The van der Waals surface area contributed by atoms with E-state index in [-0.39, 0.29) is 0 Å². The van der Waals surface area contributed by atoms with Gasteiger partial charge in [0.25, 0.3) is 0 Å². The largest absolute Gasteiger partial charge is 0.385 e. The monoisotopic (exact) mass is 187 g/mol. The molecule has 0 saturated heterocycles. The molecule has 14 heavy (non-hydrogen) atoms. The van der Waals surface area contributed by atoms with Gasteiger partial charge in [-0.25, -0.2) is 0 Å². The molecule has 0 unspecified atom stereocenters. The van der Waals surface area contributed by atoms with Crippen LogP contribution in [0.1, 0.15) is 30.4 Å². The number of anilines is 1. The lowest BCUT2D eigenvalue weighted by molar-refractivity contribution is 0.882. The summed E-state index contributed by atoms with van der Waals surface area (Å²) in [5.74, 6) is 0.965. The van der Waals surface area contributed by atoms with Crippen molar-refractivity contribution in [2.45, 2.75) is 32.1 Å². The fraction of sp³-hybridized carbons (Fsp3) is 0.538. The summed E-state index contributed by atoms with van der Waals surface area (Å²) >= 11 is 0. The van der Waals surface area contributed by atoms with Gasteiger partial charge in [-0.05, 0) is 55.2 Å². The van der Waals surface area contributed by atoms with Crippen LogP contribution >= 0.6 is 0 Å². The highest BCUT2D eigenvalue weighted by Gasteiger charge is 2.21. The zero-order chi connectivity index (χ0) is 9.38. The van der Waals surface area contributed by atoms with Gasteiger partial charge in [0.2, 0.25) is 0 Å². The van der Waals surface area contributed by atoms with Crippen LogP contribution in [0, 0.1) is 5.92 Å². The number of rotatable bonds is 3. The minimum absolute atomic E-state index is 0.965. The first-order valence-electron chi connectivity index (χ1n) is 5.78. The molecule has 0 aromatic heterocycles. The Morgan fingerprint density at radius 1 is 1.21 bits per heavy atom. The van der Waals surface area contributed by atoms with Crippen LogP contribution in [0.4, 0.5) is 5.69 Å². The molecule has 2 aliphatic carbocycles. The molecule has 0 bridgehead atoms. The van der Waals surface area contributed by atoms with Crippen molar-refractivity contribution in [2.24, 2.45) is 5.92 Å². The molecule has 1 saturated carbocycles. The van der Waals surface area contributed by atoms with Gasteiger partial charge in [-0.2, -0.15) is 0 Å². The highest BCUT2D eigenvalue weighted by Crippen LogP contribution is 2.32. The molecule has 3 rings (SSSR count). The lowest BCUT2D eigenvalue weighted by Gasteiger charge is -2.10. The molecule has 74 valence electrons. The zero-order valence-corrected chi connectivity index (χ0v) is 8.55. The van der Waals surface area contributed by atoms with Gasteiger partial charge in [0.05, 0.1) is 0 Å². The van der Waals surface area contributed by atoms with E-state index < -0.39 is 0 Å². The van der Waals surface area contributed by atoms with Crippen molar-refractivity contribution in [1.29, 1.82) is 0 Å². The van der Waals surface area contributed by atoms with Crippen LogP contribution in [0.25, 0.3) is 0 Å². The minimum Gasteiger partial charge on any atom is -0.385 e. The third-order valence-electron chi connectivity index (χ3n) is 3.42. The molecule has 1 fully saturated rings. The first kappa shape index (κ1) is 8.34. The van der Waals surface area contributed by atoms with Crippen LogP contribution < -0.4 is 5.32 Å². The first-order valence-corrected chi connectivity index (χ1v) is 5.78. The average molecular weight is 187 g/mol. The maximum absolute atomic E-state index is 3.61. The Kier molecular flexibility index (Phi) is 1.97. The molecule has 2 aliphatic rings. The van der Waals surface area contributed by atoms with Gasteiger partial charge in [0, 0.05) is 12.2 Å². The van der Waals surface area contributed by atoms with E-state index >= 15 is 0 Å². The fourth-order valence-corrected chi connectivity index (χ4v) is 2.36. The Hall–Kier alpha value is -0.980. The Morgan fingerprint density at radius 2 is 2.14 bits per heavy atom. The minimum atomic E-state index is 0.965. The molecule has 0 amide bonds. The molecule has 1 N–H and O–H groups in total. The highest BCUT2D eigenvalue weighted by atomic mass is 14.9. The van der Waals surface area contributed by atoms with Crippen molar-refractivity contribution in [3.8, 4) is 0 Å². The van der Waals surface area contributed by atoms with Crippen molar-refractivity contribution in [3.05, 3.63) is 29.3 Å². The van der Waals surface area contributed by atoms with Crippen LogP contribution in [0.15, 0.2) is 18.2 Å². The van der Waals surface area contributed by atoms with Crippen molar-refractivity contribution in [1.82, 2.24) is 0 Å². The summed E-state index contributed by atoms with van der Waals surface area (Å²) in [5, 5.41) is 3.61. The van der Waals surface area contributed by atoms with Crippen molar-refractivity contribution >= 4 is 5.69 Å². The number of hydrogen-bond acceptors (Lipinski definition) is 1. The van der Waals surface area contributed by atoms with E-state index in [0.29, 0.717) is 0 Å². The summed E-state index contributed by atoms with van der Waals surface area (Å²) in [7, 11) is 0. The topological polar surface area (TPSA) is 12.0 Å². The second-order valence-electron chi connectivity index (χ2n) is 4.62. The number of fused-ring (bicyclic) bond motifs is 1. The molecule has 0 radical (unpaired) electrons. The lowest BCUT2D eigenvalue weighted by atomic mass is 10.1. The summed E-state index contributed by atoms with van der Waals surface area (Å²) in [6.45, 7) is 1.19. The third-order valence-corrected chi connectivity index (χ3v) is 3.42. The molecular weight excluding hydrogens is 170 g/mol. The molecule has 0 spiro atoms. The number of benzene rings is 1. The zero-order valence-electron chi connectivity index (χ0n) is 8.55. The average Bonchev–Trinajstić information content (AvgIpc) is 2.91. The molecule has 0 aliphatic heterocycles. The van der Waals surface area contributed by atoms with Crippen LogP contribution in [0.5, 0.6) is 0 Å². The molecule has 1 aromatic carbocycles. The lowest BCUT2D eigenvalue weighted by Crippen LogP contribution is -2.05. The standard InChI is InChI=1S/C13H17N/c1-3-11-4-2-6-13(12(11)5-1)14-9-10-7-8-10/h2,4,6,10,14H,1,3,5,7-9H2. The van der Waals surface area contributed by atoms with Gasteiger partial charge in [-0.15, -0.1) is 0 Å². The van der Waals surface area contributed by atoms with Crippen molar-refractivity contribution < 1.29 is 0 Å². The smallest absolute Gasteiger partial charge is 0.0375 e. The summed E-state index contributed by atoms with van der Waals surface area (Å²) in [6, 6.07) is 6.72. The van der Waals surface area contributed by atoms with E-state index in [0.717, 1.165) is 5.92 Å². The first-order chi connectivity index (χ1) is 6.93. The predicted octanol–water partition coefficient (Wildman–Crippen LogP) is 3.00. The quantitative estimate of drug-likeness (QED) is 0.767. The van der Waals surface area contributed by atoms with Gasteiger partial charge < -0.3 is 5.32 Å². The number of nitrogens with one attached hydrogen (secondary N) is 1. The van der Waals surface area contributed by atoms with Crippen LogP contribution in [0.3, 0.4) is 0 Å². The summed E-state index contributed by atoms with van der Waals surface area (Å²) in [5.41, 5.74) is 4.57. The molecule has 1 aromatic rings. The maximum Gasteiger partial charge on any atom is 0.0375 e. The van der Waals surface area contributed by atoms with Gasteiger partial charge in [0.1, 0.15) is 0 Å². The Morgan fingerprint density at radius 3 is 3.00 bits per heavy atom. The maximum atomic E-state index is 3.61. The molecule has 0 heterocycles. The molecule has 1 heteroatoms. The second-order valence-corrected chi connectivity index (χ2v) is 4.62. The molecule has 1 nitrogen and oxygen atoms in total. The normalized spacial score (nSPS) is 19.4. The van der Waals surface area contributed by atoms with Crippen LogP contribution in [0.2, 0.25) is 0 Å². The highest BCUT2D eigenvalue weighted by molar-refractivity contribution is 5.56. The SMILES string of the molecule is c1cc2c(c(NCC3CC3)c1)CCC2. The second kappa shape index (κ2) is 3.30. The Bertz CT molecular complexity index is 339. The fourth-order valence-electron chi connectivity index (χ4n) is 2.36. The van der Waals surface area contributed by atoms with Crippen LogP contribution in [-0.2, 0) is 12.8 Å². The third kappa shape index (κ3) is 1.52. The van der Waals surface area contributed by atoms with E-state index in [4.69, 9.17) is 0 Å². The number of hydrogen-bond donors (Lipinski definition) is 1. The Labute approximate surface area is 85.5 Å². The van der Waals surface area contributed by atoms with E-state index in [1.54, 1.807) is 11.1 Å². The molecular formula is C13H17N. The van der Waals surface area contributed by atoms with E-state index in [1.807, 2.05) is 0 Å². The Balaban J connectivity index is 1.78. The summed E-state index contributed by atoms with van der Waals surface area (Å²) in [6.07, 6.45) is 6.78. The predicted molar refractivity (Wildman–Crippen MR) is 59.7 cm³/mol. The van der Waals surface area contributed by atoms with Crippen molar-refractivity contribution in [2.75, 3.05) is 11.9 Å². The van der Waals surface area contributed by atoms with Gasteiger partial charge in [0.15, 0.2) is 0 Å².